The Balaban J connectivity index is 2.13. The predicted molar refractivity (Wildman–Crippen MR) is 41.5 cm³/mol. The fourth-order valence-electron chi connectivity index (χ4n) is 2.86. The van der Waals surface area contributed by atoms with E-state index in [0.29, 0.717) is 12.8 Å². The van der Waals surface area contributed by atoms with Crippen molar-refractivity contribution in [3.63, 3.8) is 0 Å². The molecule has 3 unspecified atom stereocenters. The molecule has 2 aliphatic rings. The number of aliphatic carboxylic acids is 1. The van der Waals surface area contributed by atoms with Crippen LogP contribution in [0, 0.1) is 17.3 Å². The Morgan fingerprint density at radius 1 is 1.62 bits per heavy atom. The second-order valence-corrected chi connectivity index (χ2v) is 4.34. The van der Waals surface area contributed by atoms with Crippen LogP contribution in [0.3, 0.4) is 0 Å². The smallest absolute Gasteiger partial charge is 0.306 e. The number of hydrogen-bond donors (Lipinski definition) is 1. The van der Waals surface area contributed by atoms with Crippen LogP contribution < -0.4 is 0 Å². The van der Waals surface area contributed by atoms with Crippen molar-refractivity contribution >= 4 is 5.97 Å². The van der Waals surface area contributed by atoms with Crippen LogP contribution in [0.5, 0.6) is 0 Å². The minimum absolute atomic E-state index is 0.163. The third-order valence-electron chi connectivity index (χ3n) is 3.87. The van der Waals surface area contributed by atoms with Crippen LogP contribution >= 0.6 is 0 Å². The van der Waals surface area contributed by atoms with E-state index in [0.717, 1.165) is 6.92 Å². The molecule has 2 rings (SSSR count). The third-order valence-corrected chi connectivity index (χ3v) is 3.87. The minimum Gasteiger partial charge on any atom is -0.481 e. The predicted octanol–water partition coefficient (Wildman–Crippen LogP) is 2.14. The van der Waals surface area contributed by atoms with Gasteiger partial charge in [-0.1, -0.05) is 0 Å². The van der Waals surface area contributed by atoms with Crippen molar-refractivity contribution in [3.8, 4) is 0 Å². The summed E-state index contributed by atoms with van der Waals surface area (Å²) in [4.78, 5) is 10.6. The maximum absolute atomic E-state index is 13.1. The van der Waals surface area contributed by atoms with E-state index in [-0.39, 0.29) is 12.3 Å². The highest BCUT2D eigenvalue weighted by Gasteiger charge is 2.71. The summed E-state index contributed by atoms with van der Waals surface area (Å²) in [7, 11) is 0. The molecule has 2 fully saturated rings. The maximum Gasteiger partial charge on any atom is 0.306 e. The quantitative estimate of drug-likeness (QED) is 0.724. The van der Waals surface area contributed by atoms with Gasteiger partial charge < -0.3 is 5.11 Å². The van der Waals surface area contributed by atoms with E-state index in [4.69, 9.17) is 5.11 Å². The summed E-state index contributed by atoms with van der Waals surface area (Å²) >= 11 is 0. The standard InChI is InChI=1S/C9H12F2O2/c1-8(10,11)9-3-2-6(9)5(4-9)7(12)13/h5-6H,2-4H2,1H3,(H,12,13). The van der Waals surface area contributed by atoms with E-state index in [1.54, 1.807) is 0 Å². The normalized spacial score (nSPS) is 43.0. The van der Waals surface area contributed by atoms with Gasteiger partial charge in [-0.05, 0) is 32.1 Å². The number of alkyl halides is 2. The van der Waals surface area contributed by atoms with Gasteiger partial charge in [0.2, 0.25) is 0 Å². The van der Waals surface area contributed by atoms with E-state index in [1.165, 1.54) is 0 Å². The van der Waals surface area contributed by atoms with E-state index in [1.807, 2.05) is 0 Å². The average Bonchev–Trinajstić information content (AvgIpc) is 1.91. The number of hydrogen-bond acceptors (Lipinski definition) is 1. The molecule has 13 heavy (non-hydrogen) atoms. The highest BCUT2D eigenvalue weighted by atomic mass is 19.3. The van der Waals surface area contributed by atoms with Gasteiger partial charge in [0.1, 0.15) is 0 Å². The number of fused-ring (bicyclic) bond motifs is 1. The molecule has 0 aromatic heterocycles. The molecule has 0 radical (unpaired) electrons. The number of carbonyl (C=O) groups is 1. The summed E-state index contributed by atoms with van der Waals surface area (Å²) in [5.41, 5.74) is -0.962. The van der Waals surface area contributed by atoms with Crippen molar-refractivity contribution in [2.45, 2.75) is 32.1 Å². The fourth-order valence-corrected chi connectivity index (χ4v) is 2.86. The van der Waals surface area contributed by atoms with Gasteiger partial charge >= 0.3 is 5.97 Å². The topological polar surface area (TPSA) is 37.3 Å². The fraction of sp³-hybridized carbons (Fsp3) is 0.889. The van der Waals surface area contributed by atoms with Gasteiger partial charge in [-0.2, -0.15) is 0 Å². The molecule has 2 nitrogen and oxygen atoms in total. The summed E-state index contributed by atoms with van der Waals surface area (Å²) in [6.07, 6.45) is 1.31. The van der Waals surface area contributed by atoms with Gasteiger partial charge in [-0.25, -0.2) is 8.78 Å². The molecule has 0 aromatic carbocycles. The Kier molecular flexibility index (Phi) is 1.52. The van der Waals surface area contributed by atoms with Crippen molar-refractivity contribution in [3.05, 3.63) is 0 Å². The summed E-state index contributed by atoms with van der Waals surface area (Å²) in [6, 6.07) is 0. The summed E-state index contributed by atoms with van der Waals surface area (Å²) in [5.74, 6) is -4.41. The molecule has 0 aromatic rings. The Morgan fingerprint density at radius 3 is 2.46 bits per heavy atom. The average molecular weight is 190 g/mol. The first-order valence-electron chi connectivity index (χ1n) is 4.49. The zero-order chi connectivity index (χ0) is 9.85. The molecule has 74 valence electrons. The molecule has 2 saturated carbocycles. The van der Waals surface area contributed by atoms with Gasteiger partial charge in [-0.3, -0.25) is 4.79 Å². The van der Waals surface area contributed by atoms with E-state index in [2.05, 4.69) is 0 Å². The van der Waals surface area contributed by atoms with Gasteiger partial charge in [0.05, 0.1) is 5.92 Å². The second kappa shape index (κ2) is 2.22. The summed E-state index contributed by atoms with van der Waals surface area (Å²) < 4.78 is 26.2. The molecule has 3 atom stereocenters. The highest BCUT2D eigenvalue weighted by Crippen LogP contribution is 2.70. The van der Waals surface area contributed by atoms with Crippen molar-refractivity contribution in [1.82, 2.24) is 0 Å². The van der Waals surface area contributed by atoms with Crippen molar-refractivity contribution < 1.29 is 18.7 Å². The SMILES string of the molecule is CC(F)(F)C12CCC1C(C(=O)O)C2. The van der Waals surface area contributed by atoms with Crippen LogP contribution in [0.2, 0.25) is 0 Å². The lowest BCUT2D eigenvalue weighted by Crippen LogP contribution is -2.65. The van der Waals surface area contributed by atoms with E-state index in [9.17, 15) is 13.6 Å². The van der Waals surface area contributed by atoms with Crippen LogP contribution in [0.4, 0.5) is 8.78 Å². The molecule has 0 spiro atoms. The summed E-state index contributed by atoms with van der Waals surface area (Å²) in [6.45, 7) is 0.914. The van der Waals surface area contributed by atoms with Crippen LogP contribution in [0.1, 0.15) is 26.2 Å². The van der Waals surface area contributed by atoms with Crippen molar-refractivity contribution in [1.29, 1.82) is 0 Å². The maximum atomic E-state index is 13.1. The van der Waals surface area contributed by atoms with Crippen LogP contribution in [-0.2, 0) is 4.79 Å². The third kappa shape index (κ3) is 0.888. The monoisotopic (exact) mass is 190 g/mol. The highest BCUT2D eigenvalue weighted by molar-refractivity contribution is 5.72. The molecule has 0 aliphatic heterocycles. The Morgan fingerprint density at radius 2 is 2.23 bits per heavy atom. The molecule has 1 N–H and O–H groups in total. The zero-order valence-corrected chi connectivity index (χ0v) is 7.39. The Labute approximate surface area is 74.9 Å². The Bertz CT molecular complexity index is 259. The number of halogens is 2. The molecule has 4 heteroatoms. The van der Waals surface area contributed by atoms with Gasteiger partial charge in [0, 0.05) is 5.41 Å². The largest absolute Gasteiger partial charge is 0.481 e. The van der Waals surface area contributed by atoms with Crippen LogP contribution in [0.25, 0.3) is 0 Å². The number of rotatable bonds is 2. The molecule has 0 heterocycles. The molecule has 0 saturated heterocycles. The molecular formula is C9H12F2O2. The molecule has 2 aliphatic carbocycles. The van der Waals surface area contributed by atoms with E-state index < -0.39 is 23.2 Å². The zero-order valence-electron chi connectivity index (χ0n) is 7.39. The summed E-state index contributed by atoms with van der Waals surface area (Å²) in [5, 5.41) is 8.69. The van der Waals surface area contributed by atoms with Gasteiger partial charge in [0.15, 0.2) is 0 Å². The molecule has 0 amide bonds. The second-order valence-electron chi connectivity index (χ2n) is 4.34. The number of carboxylic acids is 1. The molecular weight excluding hydrogens is 178 g/mol. The Hall–Kier alpha value is -0.670. The van der Waals surface area contributed by atoms with Crippen molar-refractivity contribution in [2.75, 3.05) is 0 Å². The lowest BCUT2D eigenvalue weighted by molar-refractivity contribution is -0.265. The lowest BCUT2D eigenvalue weighted by atomic mass is 9.41. The number of carboxylic acid groups (broad SMARTS) is 1. The first-order valence-corrected chi connectivity index (χ1v) is 4.49. The van der Waals surface area contributed by atoms with Crippen molar-refractivity contribution in [2.24, 2.45) is 17.3 Å². The minimum atomic E-state index is -2.71. The molecule has 0 bridgehead atoms. The van der Waals surface area contributed by atoms with Gasteiger partial charge in [0.25, 0.3) is 5.92 Å². The first kappa shape index (κ1) is 8.91. The lowest BCUT2D eigenvalue weighted by Gasteiger charge is -2.63. The first-order chi connectivity index (χ1) is 5.88. The van der Waals surface area contributed by atoms with Crippen LogP contribution in [0.15, 0.2) is 0 Å². The van der Waals surface area contributed by atoms with E-state index >= 15 is 0 Å². The van der Waals surface area contributed by atoms with Crippen LogP contribution in [-0.4, -0.2) is 17.0 Å². The van der Waals surface area contributed by atoms with Gasteiger partial charge in [-0.15, -0.1) is 0 Å².